The molecule has 0 aromatic heterocycles. The van der Waals surface area contributed by atoms with Crippen LogP contribution >= 0.6 is 0 Å². The van der Waals surface area contributed by atoms with E-state index in [9.17, 15) is 9.59 Å². The molecule has 1 amide bonds. The summed E-state index contributed by atoms with van der Waals surface area (Å²) in [5.41, 5.74) is 1.69. The van der Waals surface area contributed by atoms with Crippen LogP contribution in [-0.4, -0.2) is 31.9 Å². The Labute approximate surface area is 149 Å². The van der Waals surface area contributed by atoms with Gasteiger partial charge in [-0.3, -0.25) is 4.79 Å². The molecule has 0 fully saturated rings. The van der Waals surface area contributed by atoms with Gasteiger partial charge in [0.1, 0.15) is 12.4 Å². The molecule has 2 aliphatic rings. The smallest absolute Gasteiger partial charge is 0.338 e. The average Bonchev–Trinajstić information content (AvgIpc) is 3.13. The molecule has 7 nitrogen and oxygen atoms in total. The molecule has 0 saturated carbocycles. The van der Waals surface area contributed by atoms with Crippen molar-refractivity contribution in [3.8, 4) is 17.2 Å². The lowest BCUT2D eigenvalue weighted by Gasteiger charge is -2.16. The van der Waals surface area contributed by atoms with E-state index in [1.54, 1.807) is 24.3 Å². The summed E-state index contributed by atoms with van der Waals surface area (Å²) in [7, 11) is 0. The molecule has 2 aromatic carbocycles. The second-order valence-corrected chi connectivity index (χ2v) is 5.69. The fourth-order valence-corrected chi connectivity index (χ4v) is 2.63. The highest BCUT2D eigenvalue weighted by atomic mass is 16.7. The summed E-state index contributed by atoms with van der Waals surface area (Å²) >= 11 is 0. The number of hydrogen-bond donors (Lipinski definition) is 1. The minimum absolute atomic E-state index is 0.111. The van der Waals surface area contributed by atoms with Crippen LogP contribution in [0.25, 0.3) is 6.08 Å². The first-order valence-electron chi connectivity index (χ1n) is 7.98. The molecule has 132 valence electrons. The summed E-state index contributed by atoms with van der Waals surface area (Å²) in [6.45, 7) is -0.128. The zero-order valence-electron chi connectivity index (χ0n) is 13.7. The summed E-state index contributed by atoms with van der Waals surface area (Å²) < 4.78 is 21.0. The number of nitrogens with one attached hydrogen (secondary N) is 1. The van der Waals surface area contributed by atoms with Crippen LogP contribution in [0.5, 0.6) is 17.2 Å². The minimum atomic E-state index is -0.583. The van der Waals surface area contributed by atoms with Gasteiger partial charge in [0.2, 0.25) is 6.79 Å². The van der Waals surface area contributed by atoms with Crippen molar-refractivity contribution >= 4 is 23.6 Å². The molecular formula is C19H15NO6. The van der Waals surface area contributed by atoms with E-state index in [2.05, 4.69) is 5.32 Å². The SMILES string of the molecule is O=C(COC(=O)C1=Cc2ccccc2OC1)Nc1ccc2c(c1)OCO2. The Morgan fingerprint density at radius 3 is 2.77 bits per heavy atom. The molecule has 7 heteroatoms. The molecule has 2 aromatic rings. The molecule has 2 heterocycles. The zero-order valence-corrected chi connectivity index (χ0v) is 13.7. The fraction of sp³-hybridized carbons (Fsp3) is 0.158. The van der Waals surface area contributed by atoms with Crippen molar-refractivity contribution in [2.45, 2.75) is 0 Å². The van der Waals surface area contributed by atoms with Gasteiger partial charge in [0.15, 0.2) is 18.1 Å². The van der Waals surface area contributed by atoms with E-state index >= 15 is 0 Å². The fourth-order valence-electron chi connectivity index (χ4n) is 2.63. The molecule has 0 saturated heterocycles. The monoisotopic (exact) mass is 353 g/mol. The van der Waals surface area contributed by atoms with Crippen molar-refractivity contribution in [1.29, 1.82) is 0 Å². The van der Waals surface area contributed by atoms with Gasteiger partial charge in [0.25, 0.3) is 5.91 Å². The standard InChI is InChI=1S/C19H15NO6/c21-18(20-14-5-6-16-17(8-14)26-11-25-16)10-24-19(22)13-7-12-3-1-2-4-15(12)23-9-13/h1-8H,9-11H2,(H,20,21). The molecule has 26 heavy (non-hydrogen) atoms. The lowest BCUT2D eigenvalue weighted by molar-refractivity contribution is -0.143. The van der Waals surface area contributed by atoms with Gasteiger partial charge in [-0.15, -0.1) is 0 Å². The molecule has 4 rings (SSSR count). The molecule has 0 radical (unpaired) electrons. The van der Waals surface area contributed by atoms with Gasteiger partial charge < -0.3 is 24.3 Å². The largest absolute Gasteiger partial charge is 0.488 e. The Morgan fingerprint density at radius 1 is 1.00 bits per heavy atom. The first-order valence-corrected chi connectivity index (χ1v) is 7.98. The minimum Gasteiger partial charge on any atom is -0.488 e. The van der Waals surface area contributed by atoms with E-state index in [0.29, 0.717) is 28.5 Å². The predicted molar refractivity (Wildman–Crippen MR) is 92.1 cm³/mol. The maximum absolute atomic E-state index is 12.1. The summed E-state index contributed by atoms with van der Waals surface area (Å²) in [5.74, 6) is 0.863. The number of anilines is 1. The summed E-state index contributed by atoms with van der Waals surface area (Å²) in [6, 6.07) is 12.4. The second-order valence-electron chi connectivity index (χ2n) is 5.69. The number of fused-ring (bicyclic) bond motifs is 2. The maximum Gasteiger partial charge on any atom is 0.338 e. The van der Waals surface area contributed by atoms with Crippen LogP contribution in [0, 0.1) is 0 Å². The number of rotatable bonds is 4. The normalized spacial score (nSPS) is 13.9. The molecule has 0 atom stereocenters. The number of ether oxygens (including phenoxy) is 4. The number of carbonyl (C=O) groups is 2. The number of esters is 1. The van der Waals surface area contributed by atoms with Crippen molar-refractivity contribution in [2.24, 2.45) is 0 Å². The number of amides is 1. The van der Waals surface area contributed by atoms with Gasteiger partial charge in [0.05, 0.1) is 5.57 Å². The summed E-state index contributed by atoms with van der Waals surface area (Å²) in [5, 5.41) is 2.64. The van der Waals surface area contributed by atoms with Crippen molar-refractivity contribution in [1.82, 2.24) is 0 Å². The number of carbonyl (C=O) groups excluding carboxylic acids is 2. The zero-order chi connectivity index (χ0) is 17.9. The van der Waals surface area contributed by atoms with Crippen LogP contribution in [0.4, 0.5) is 5.69 Å². The van der Waals surface area contributed by atoms with Gasteiger partial charge in [-0.1, -0.05) is 18.2 Å². The van der Waals surface area contributed by atoms with Crippen LogP contribution in [-0.2, 0) is 14.3 Å². The molecule has 1 N–H and O–H groups in total. The van der Waals surface area contributed by atoms with E-state index in [1.807, 2.05) is 24.3 Å². The number of para-hydroxylation sites is 1. The molecular weight excluding hydrogens is 338 g/mol. The molecule has 0 bridgehead atoms. The van der Waals surface area contributed by atoms with Crippen molar-refractivity contribution in [2.75, 3.05) is 25.3 Å². The average molecular weight is 353 g/mol. The Kier molecular flexibility index (Phi) is 4.18. The van der Waals surface area contributed by atoms with Gasteiger partial charge >= 0.3 is 5.97 Å². The van der Waals surface area contributed by atoms with Crippen LogP contribution in [0.1, 0.15) is 5.56 Å². The first kappa shape index (κ1) is 16.0. The Balaban J connectivity index is 1.33. The first-order chi connectivity index (χ1) is 12.7. The highest BCUT2D eigenvalue weighted by Crippen LogP contribution is 2.34. The maximum atomic E-state index is 12.1. The molecule has 0 aliphatic carbocycles. The van der Waals surface area contributed by atoms with Gasteiger partial charge in [-0.25, -0.2) is 4.79 Å². The Bertz CT molecular complexity index is 905. The lowest BCUT2D eigenvalue weighted by Crippen LogP contribution is -2.23. The Morgan fingerprint density at radius 2 is 1.85 bits per heavy atom. The van der Waals surface area contributed by atoms with Crippen LogP contribution in [0.3, 0.4) is 0 Å². The molecule has 2 aliphatic heterocycles. The highest BCUT2D eigenvalue weighted by molar-refractivity contribution is 5.98. The van der Waals surface area contributed by atoms with E-state index < -0.39 is 18.5 Å². The topological polar surface area (TPSA) is 83.1 Å². The van der Waals surface area contributed by atoms with Crippen LogP contribution in [0.15, 0.2) is 48.0 Å². The number of benzene rings is 2. The highest BCUT2D eigenvalue weighted by Gasteiger charge is 2.19. The van der Waals surface area contributed by atoms with Crippen molar-refractivity contribution < 1.29 is 28.5 Å². The predicted octanol–water partition coefficient (Wildman–Crippen LogP) is 2.37. The van der Waals surface area contributed by atoms with Gasteiger partial charge in [-0.2, -0.15) is 0 Å². The van der Waals surface area contributed by atoms with E-state index in [1.165, 1.54) is 0 Å². The number of hydrogen-bond acceptors (Lipinski definition) is 6. The lowest BCUT2D eigenvalue weighted by atomic mass is 10.1. The quantitative estimate of drug-likeness (QED) is 0.850. The van der Waals surface area contributed by atoms with Crippen LogP contribution < -0.4 is 19.5 Å². The summed E-state index contributed by atoms with van der Waals surface area (Å²) in [4.78, 5) is 24.1. The second kappa shape index (κ2) is 6.79. The van der Waals surface area contributed by atoms with Crippen LogP contribution in [0.2, 0.25) is 0 Å². The molecule has 0 spiro atoms. The molecule has 0 unspecified atom stereocenters. The van der Waals surface area contributed by atoms with E-state index in [0.717, 1.165) is 5.56 Å². The third kappa shape index (κ3) is 3.32. The Hall–Kier alpha value is -3.48. The van der Waals surface area contributed by atoms with E-state index in [-0.39, 0.29) is 13.4 Å². The van der Waals surface area contributed by atoms with Crippen molar-refractivity contribution in [3.63, 3.8) is 0 Å². The van der Waals surface area contributed by atoms with E-state index in [4.69, 9.17) is 18.9 Å². The third-order valence-corrected chi connectivity index (χ3v) is 3.88. The van der Waals surface area contributed by atoms with Crippen molar-refractivity contribution in [3.05, 3.63) is 53.6 Å². The third-order valence-electron chi connectivity index (χ3n) is 3.88. The summed E-state index contributed by atoms with van der Waals surface area (Å²) in [6.07, 6.45) is 1.71. The van der Waals surface area contributed by atoms with Gasteiger partial charge in [0, 0.05) is 17.3 Å². The van der Waals surface area contributed by atoms with Gasteiger partial charge in [-0.05, 0) is 24.3 Å².